The van der Waals surface area contributed by atoms with E-state index >= 15 is 0 Å². The first-order chi connectivity index (χ1) is 5.79. The van der Waals surface area contributed by atoms with Crippen molar-refractivity contribution in [2.75, 3.05) is 13.1 Å². The fourth-order valence-corrected chi connectivity index (χ4v) is 0.926. The summed E-state index contributed by atoms with van der Waals surface area (Å²) in [6, 6.07) is 0. The molecule has 0 aromatic carbocycles. The van der Waals surface area contributed by atoms with Crippen LogP contribution in [0.25, 0.3) is 0 Å². The topological polar surface area (TPSA) is 40.5 Å². The number of carbonyl (C=O) groups is 1. The zero-order valence-corrected chi connectivity index (χ0v) is 6.68. The third-order valence-electron chi connectivity index (χ3n) is 1.44. The Bertz CT molecular complexity index is 241. The lowest BCUT2D eigenvalue weighted by molar-refractivity contribution is -0.137. The van der Waals surface area contributed by atoms with Gasteiger partial charge in [-0.3, -0.25) is 4.79 Å². The second-order valence-corrected chi connectivity index (χ2v) is 2.48. The summed E-state index contributed by atoms with van der Waals surface area (Å²) in [5.41, 5.74) is 0. The maximum Gasteiger partial charge on any atom is 0.323 e. The number of rotatable bonds is 2. The van der Waals surface area contributed by atoms with Gasteiger partial charge in [0.25, 0.3) is 0 Å². The maximum atomic E-state index is 10.3. The molecule has 0 unspecified atom stereocenters. The van der Waals surface area contributed by atoms with E-state index in [4.69, 9.17) is 5.11 Å². The van der Waals surface area contributed by atoms with Crippen LogP contribution in [0.4, 0.5) is 0 Å². The van der Waals surface area contributed by atoms with E-state index in [1.54, 1.807) is 11.1 Å². The zero-order valence-electron chi connectivity index (χ0n) is 6.68. The van der Waals surface area contributed by atoms with Gasteiger partial charge in [0.2, 0.25) is 0 Å². The van der Waals surface area contributed by atoms with Crippen molar-refractivity contribution in [1.29, 1.82) is 0 Å². The molecule has 0 spiro atoms. The van der Waals surface area contributed by atoms with Crippen LogP contribution in [-0.4, -0.2) is 29.1 Å². The number of aliphatic carboxylic acids is 1. The summed E-state index contributed by atoms with van der Waals surface area (Å²) in [4.78, 5) is 12.1. The second-order valence-electron chi connectivity index (χ2n) is 2.48. The quantitative estimate of drug-likeness (QED) is 0.664. The van der Waals surface area contributed by atoms with Crippen molar-refractivity contribution in [3.05, 3.63) is 36.6 Å². The zero-order chi connectivity index (χ0) is 8.81. The van der Waals surface area contributed by atoms with Crippen LogP contribution in [0, 0.1) is 0 Å². The normalized spacial score (nSPS) is 23.8. The number of nitrogens with zero attached hydrogens (tertiary/aromatic N) is 1. The van der Waals surface area contributed by atoms with Crippen molar-refractivity contribution in [2.24, 2.45) is 0 Å². The van der Waals surface area contributed by atoms with Crippen LogP contribution in [0.3, 0.4) is 0 Å². The predicted molar refractivity (Wildman–Crippen MR) is 46.6 cm³/mol. The standard InChI is InChI=1S/C9H11NO2/c11-9(12)8-10-6-4-2-1-3-5-7-10/h1-6H,7-8H2,(H,11,12)/b2-1-,5-3-,6-4-. The third-order valence-corrected chi connectivity index (χ3v) is 1.44. The number of carboxylic acid groups (broad SMARTS) is 1. The molecule has 0 aromatic heterocycles. The average molecular weight is 165 g/mol. The number of hydrogen-bond donors (Lipinski definition) is 1. The van der Waals surface area contributed by atoms with E-state index in [1.807, 2.05) is 30.4 Å². The van der Waals surface area contributed by atoms with Gasteiger partial charge in [0.05, 0.1) is 0 Å². The molecule has 3 nitrogen and oxygen atoms in total. The van der Waals surface area contributed by atoms with E-state index in [9.17, 15) is 4.79 Å². The summed E-state index contributed by atoms with van der Waals surface area (Å²) in [5, 5.41) is 8.51. The van der Waals surface area contributed by atoms with Gasteiger partial charge >= 0.3 is 5.97 Å². The molecule has 0 amide bonds. The van der Waals surface area contributed by atoms with Gasteiger partial charge in [-0.05, 0) is 12.3 Å². The molecule has 0 aliphatic carbocycles. The smallest absolute Gasteiger partial charge is 0.323 e. The van der Waals surface area contributed by atoms with Crippen LogP contribution in [-0.2, 0) is 4.79 Å². The van der Waals surface area contributed by atoms with Gasteiger partial charge in [-0.2, -0.15) is 0 Å². The fraction of sp³-hybridized carbons (Fsp3) is 0.222. The van der Waals surface area contributed by atoms with E-state index in [0.29, 0.717) is 6.54 Å². The highest BCUT2D eigenvalue weighted by Gasteiger charge is 2.02. The molecule has 3 heteroatoms. The summed E-state index contributed by atoms with van der Waals surface area (Å²) >= 11 is 0. The minimum atomic E-state index is -0.808. The van der Waals surface area contributed by atoms with E-state index in [1.165, 1.54) is 0 Å². The Kier molecular flexibility index (Phi) is 3.14. The van der Waals surface area contributed by atoms with Crippen LogP contribution in [0.15, 0.2) is 36.6 Å². The van der Waals surface area contributed by atoms with Gasteiger partial charge in [-0.25, -0.2) is 0 Å². The minimum Gasteiger partial charge on any atom is -0.480 e. The minimum absolute atomic E-state index is 0.0503. The van der Waals surface area contributed by atoms with Gasteiger partial charge < -0.3 is 10.0 Å². The summed E-state index contributed by atoms with van der Waals surface area (Å²) < 4.78 is 0. The molecule has 0 saturated heterocycles. The number of hydrogen-bond acceptors (Lipinski definition) is 2. The Hall–Kier alpha value is -1.51. The Morgan fingerprint density at radius 2 is 2.08 bits per heavy atom. The molecule has 0 radical (unpaired) electrons. The third kappa shape index (κ3) is 3.05. The molecule has 1 aliphatic heterocycles. The van der Waals surface area contributed by atoms with Crippen molar-refractivity contribution in [1.82, 2.24) is 4.90 Å². The van der Waals surface area contributed by atoms with Crippen LogP contribution < -0.4 is 0 Å². The molecule has 12 heavy (non-hydrogen) atoms. The molecule has 64 valence electrons. The first-order valence-corrected chi connectivity index (χ1v) is 3.75. The van der Waals surface area contributed by atoms with E-state index < -0.39 is 5.97 Å². The number of allylic oxidation sites excluding steroid dienone is 4. The van der Waals surface area contributed by atoms with Crippen LogP contribution in [0.5, 0.6) is 0 Å². The summed E-state index contributed by atoms with van der Waals surface area (Å²) in [6.07, 6.45) is 11.2. The fourth-order valence-electron chi connectivity index (χ4n) is 0.926. The van der Waals surface area contributed by atoms with Crippen molar-refractivity contribution in [3.63, 3.8) is 0 Å². The lowest BCUT2D eigenvalue weighted by Gasteiger charge is -2.15. The molecule has 1 rings (SSSR count). The first kappa shape index (κ1) is 8.59. The highest BCUT2D eigenvalue weighted by molar-refractivity contribution is 5.69. The Labute approximate surface area is 71.3 Å². The van der Waals surface area contributed by atoms with Gasteiger partial charge in [0, 0.05) is 6.54 Å². The molecule has 0 saturated carbocycles. The SMILES string of the molecule is O=C(O)CN1\C=C/C=C\C=C/C1. The van der Waals surface area contributed by atoms with Crippen molar-refractivity contribution in [3.8, 4) is 0 Å². The molecule has 0 atom stereocenters. The average Bonchev–Trinajstić information content (AvgIpc) is 1.93. The monoisotopic (exact) mass is 165 g/mol. The molecule has 1 aliphatic rings. The Morgan fingerprint density at radius 1 is 1.33 bits per heavy atom. The first-order valence-electron chi connectivity index (χ1n) is 3.75. The highest BCUT2D eigenvalue weighted by Crippen LogP contribution is 1.95. The molecule has 0 fully saturated rings. The van der Waals surface area contributed by atoms with E-state index in [-0.39, 0.29) is 6.54 Å². The van der Waals surface area contributed by atoms with E-state index in [2.05, 4.69) is 0 Å². The van der Waals surface area contributed by atoms with Crippen LogP contribution in [0.2, 0.25) is 0 Å². The molecule has 1 N–H and O–H groups in total. The maximum absolute atomic E-state index is 10.3. The summed E-state index contributed by atoms with van der Waals surface area (Å²) in [5.74, 6) is -0.808. The Balaban J connectivity index is 2.53. The van der Waals surface area contributed by atoms with Gasteiger partial charge in [0.15, 0.2) is 0 Å². The van der Waals surface area contributed by atoms with Gasteiger partial charge in [-0.15, -0.1) is 0 Å². The molecule has 0 bridgehead atoms. The van der Waals surface area contributed by atoms with Crippen LogP contribution in [0.1, 0.15) is 0 Å². The number of carboxylic acids is 1. The van der Waals surface area contributed by atoms with Gasteiger partial charge in [0.1, 0.15) is 6.54 Å². The largest absolute Gasteiger partial charge is 0.480 e. The molecular formula is C9H11NO2. The highest BCUT2D eigenvalue weighted by atomic mass is 16.4. The van der Waals surface area contributed by atoms with Gasteiger partial charge in [-0.1, -0.05) is 24.3 Å². The Morgan fingerprint density at radius 3 is 2.83 bits per heavy atom. The summed E-state index contributed by atoms with van der Waals surface area (Å²) in [7, 11) is 0. The summed E-state index contributed by atoms with van der Waals surface area (Å²) in [6.45, 7) is 0.696. The van der Waals surface area contributed by atoms with Crippen molar-refractivity contribution in [2.45, 2.75) is 0 Å². The van der Waals surface area contributed by atoms with Crippen LogP contribution >= 0.6 is 0 Å². The molecular weight excluding hydrogens is 154 g/mol. The van der Waals surface area contributed by atoms with Crippen molar-refractivity contribution >= 4 is 5.97 Å². The lowest BCUT2D eigenvalue weighted by atomic mass is 10.3. The molecule has 1 heterocycles. The van der Waals surface area contributed by atoms with Crippen molar-refractivity contribution < 1.29 is 9.90 Å². The van der Waals surface area contributed by atoms with E-state index in [0.717, 1.165) is 0 Å². The molecule has 0 aromatic rings. The predicted octanol–water partition coefficient (Wildman–Crippen LogP) is 1.01. The lowest BCUT2D eigenvalue weighted by Crippen LogP contribution is -2.24. The second kappa shape index (κ2) is 4.38.